The highest BCUT2D eigenvalue weighted by Crippen LogP contribution is 2.19. The Morgan fingerprint density at radius 1 is 1.35 bits per heavy atom. The summed E-state index contributed by atoms with van der Waals surface area (Å²) in [5.41, 5.74) is -0.566. The summed E-state index contributed by atoms with van der Waals surface area (Å²) in [6, 6.07) is 0.734. The predicted octanol–water partition coefficient (Wildman–Crippen LogP) is 0.528. The maximum atomic E-state index is 11.9. The lowest BCUT2D eigenvalue weighted by Crippen LogP contribution is -2.51. The number of carbonyl (C=O) groups excluding carboxylic acids is 1. The van der Waals surface area contributed by atoms with E-state index in [0.717, 1.165) is 0 Å². The first-order valence-electron chi connectivity index (χ1n) is 6.22. The Labute approximate surface area is 118 Å². The first kappa shape index (κ1) is 15.9. The fraction of sp³-hybridized carbons (Fsp3) is 0.538. The Bertz CT molecular complexity index is 470. The molecule has 0 saturated heterocycles. The van der Waals surface area contributed by atoms with Crippen LogP contribution in [0.5, 0.6) is 0 Å². The molecule has 0 spiro atoms. The summed E-state index contributed by atoms with van der Waals surface area (Å²) in [6.45, 7) is 5.27. The van der Waals surface area contributed by atoms with Crippen molar-refractivity contribution in [2.75, 3.05) is 18.5 Å². The normalized spacial score (nSPS) is 12.6. The average molecular weight is 280 g/mol. The molecule has 0 radical (unpaired) electrons. The number of aromatic nitrogens is 2. The Kier molecular flexibility index (Phi) is 5.01. The molecule has 1 aromatic heterocycles. The first-order chi connectivity index (χ1) is 9.21. The van der Waals surface area contributed by atoms with E-state index in [1.54, 1.807) is 51.2 Å². The van der Waals surface area contributed by atoms with Crippen LogP contribution in [0.1, 0.15) is 20.8 Å². The van der Waals surface area contributed by atoms with Gasteiger partial charge in [0, 0.05) is 19.4 Å². The summed E-state index contributed by atoms with van der Waals surface area (Å²) < 4.78 is 0. The number of nitrogens with zero attached hydrogens (tertiary/aromatic N) is 3. The number of hydrogen-bond acceptors (Lipinski definition) is 5. The first-order valence-corrected chi connectivity index (χ1v) is 6.22. The molecule has 1 amide bonds. The van der Waals surface area contributed by atoms with Crippen molar-refractivity contribution in [3.8, 4) is 0 Å². The van der Waals surface area contributed by atoms with E-state index in [4.69, 9.17) is 5.11 Å². The van der Waals surface area contributed by atoms with Gasteiger partial charge >= 0.3 is 5.97 Å². The van der Waals surface area contributed by atoms with Crippen LogP contribution in [0.3, 0.4) is 0 Å². The van der Waals surface area contributed by atoms with Gasteiger partial charge in [0.05, 0.1) is 6.54 Å². The van der Waals surface area contributed by atoms with E-state index in [2.05, 4.69) is 15.3 Å². The Morgan fingerprint density at radius 3 is 2.35 bits per heavy atom. The van der Waals surface area contributed by atoms with Crippen LogP contribution in [-0.2, 0) is 9.59 Å². The number of amides is 1. The topological polar surface area (TPSA) is 95.4 Å². The van der Waals surface area contributed by atoms with Crippen LogP contribution in [0.15, 0.2) is 18.5 Å². The molecule has 0 bridgehead atoms. The SMILES string of the molecule is CN(CC(=O)N[C@@H](C(=O)O)C(C)(C)C)c1ncccn1. The van der Waals surface area contributed by atoms with Crippen LogP contribution in [0.25, 0.3) is 0 Å². The molecule has 0 aliphatic carbocycles. The highest BCUT2D eigenvalue weighted by Gasteiger charge is 2.32. The van der Waals surface area contributed by atoms with Gasteiger partial charge in [0.25, 0.3) is 0 Å². The van der Waals surface area contributed by atoms with E-state index in [-0.39, 0.29) is 12.5 Å². The summed E-state index contributed by atoms with van der Waals surface area (Å²) in [7, 11) is 1.67. The molecule has 110 valence electrons. The van der Waals surface area contributed by atoms with Gasteiger partial charge in [-0.1, -0.05) is 20.8 Å². The molecule has 1 aromatic rings. The third-order valence-corrected chi connectivity index (χ3v) is 2.69. The maximum absolute atomic E-state index is 11.9. The lowest BCUT2D eigenvalue weighted by molar-refractivity contribution is -0.144. The van der Waals surface area contributed by atoms with Crippen molar-refractivity contribution in [3.63, 3.8) is 0 Å². The summed E-state index contributed by atoms with van der Waals surface area (Å²) in [6.07, 6.45) is 3.15. The molecule has 0 aliphatic rings. The standard InChI is InChI=1S/C13H20N4O3/c1-13(2,3)10(11(19)20)16-9(18)8-17(4)12-14-6-5-7-15-12/h5-7,10H,8H2,1-4H3,(H,16,18)(H,19,20)/t10-/m0/s1. The van der Waals surface area contributed by atoms with Crippen LogP contribution in [-0.4, -0.2) is 46.6 Å². The summed E-state index contributed by atoms with van der Waals surface area (Å²) in [5, 5.41) is 11.7. The van der Waals surface area contributed by atoms with E-state index < -0.39 is 17.4 Å². The van der Waals surface area contributed by atoms with Crippen molar-refractivity contribution in [1.29, 1.82) is 0 Å². The predicted molar refractivity (Wildman–Crippen MR) is 74.3 cm³/mol. The zero-order valence-corrected chi connectivity index (χ0v) is 12.1. The van der Waals surface area contributed by atoms with E-state index >= 15 is 0 Å². The van der Waals surface area contributed by atoms with Gasteiger partial charge in [-0.05, 0) is 11.5 Å². The second-order valence-electron chi connectivity index (χ2n) is 5.61. The monoisotopic (exact) mass is 280 g/mol. The molecule has 7 nitrogen and oxygen atoms in total. The summed E-state index contributed by atoms with van der Waals surface area (Å²) in [4.78, 5) is 32.7. The largest absolute Gasteiger partial charge is 0.480 e. The number of carboxylic acids is 1. The fourth-order valence-corrected chi connectivity index (χ4v) is 1.63. The van der Waals surface area contributed by atoms with E-state index in [1.807, 2.05) is 0 Å². The van der Waals surface area contributed by atoms with Crippen molar-refractivity contribution in [1.82, 2.24) is 15.3 Å². The number of nitrogens with one attached hydrogen (secondary N) is 1. The highest BCUT2D eigenvalue weighted by atomic mass is 16.4. The third-order valence-electron chi connectivity index (χ3n) is 2.69. The second kappa shape index (κ2) is 6.31. The van der Waals surface area contributed by atoms with E-state index in [1.165, 1.54) is 0 Å². The third kappa shape index (κ3) is 4.49. The van der Waals surface area contributed by atoms with Gasteiger partial charge in [0.1, 0.15) is 6.04 Å². The minimum absolute atomic E-state index is 0.0100. The minimum Gasteiger partial charge on any atom is -0.480 e. The quantitative estimate of drug-likeness (QED) is 0.816. The number of carboxylic acid groups (broad SMARTS) is 1. The van der Waals surface area contributed by atoms with Gasteiger partial charge in [-0.3, -0.25) is 4.79 Å². The molecular weight excluding hydrogens is 260 g/mol. The van der Waals surface area contributed by atoms with Crippen LogP contribution in [0, 0.1) is 5.41 Å². The van der Waals surface area contributed by atoms with Crippen LogP contribution in [0.4, 0.5) is 5.95 Å². The molecule has 1 rings (SSSR count). The number of hydrogen-bond donors (Lipinski definition) is 2. The molecule has 1 atom stereocenters. The fourth-order valence-electron chi connectivity index (χ4n) is 1.63. The molecule has 1 heterocycles. The number of rotatable bonds is 5. The number of carbonyl (C=O) groups is 2. The Balaban J connectivity index is 2.65. The average Bonchev–Trinajstić information content (AvgIpc) is 2.35. The van der Waals surface area contributed by atoms with Crippen LogP contribution < -0.4 is 10.2 Å². The smallest absolute Gasteiger partial charge is 0.326 e. The van der Waals surface area contributed by atoms with Gasteiger partial charge < -0.3 is 15.3 Å². The molecule has 0 aromatic carbocycles. The lowest BCUT2D eigenvalue weighted by atomic mass is 9.87. The molecule has 0 fully saturated rings. The summed E-state index contributed by atoms with van der Waals surface area (Å²) >= 11 is 0. The second-order valence-corrected chi connectivity index (χ2v) is 5.61. The van der Waals surface area contributed by atoms with Crippen LogP contribution in [0.2, 0.25) is 0 Å². The zero-order valence-electron chi connectivity index (χ0n) is 12.1. The molecule has 20 heavy (non-hydrogen) atoms. The van der Waals surface area contributed by atoms with E-state index in [0.29, 0.717) is 5.95 Å². The number of likely N-dealkylation sites (N-methyl/N-ethyl adjacent to an activating group) is 1. The van der Waals surface area contributed by atoms with E-state index in [9.17, 15) is 9.59 Å². The summed E-state index contributed by atoms with van der Waals surface area (Å²) in [5.74, 6) is -1.03. The molecule has 0 aliphatic heterocycles. The minimum atomic E-state index is -1.05. The lowest BCUT2D eigenvalue weighted by Gasteiger charge is -2.28. The molecule has 7 heteroatoms. The molecular formula is C13H20N4O3. The molecule has 2 N–H and O–H groups in total. The van der Waals surface area contributed by atoms with Gasteiger partial charge in [-0.25, -0.2) is 14.8 Å². The van der Waals surface area contributed by atoms with Gasteiger partial charge in [-0.2, -0.15) is 0 Å². The van der Waals surface area contributed by atoms with Crippen molar-refractivity contribution >= 4 is 17.8 Å². The zero-order chi connectivity index (χ0) is 15.3. The van der Waals surface area contributed by atoms with Gasteiger partial charge in [0.15, 0.2) is 0 Å². The van der Waals surface area contributed by atoms with Crippen molar-refractivity contribution in [2.24, 2.45) is 5.41 Å². The van der Waals surface area contributed by atoms with Crippen LogP contribution >= 0.6 is 0 Å². The Hall–Kier alpha value is -2.18. The van der Waals surface area contributed by atoms with Gasteiger partial charge in [0.2, 0.25) is 11.9 Å². The molecule has 0 unspecified atom stereocenters. The van der Waals surface area contributed by atoms with Crippen molar-refractivity contribution < 1.29 is 14.7 Å². The highest BCUT2D eigenvalue weighted by molar-refractivity contribution is 5.86. The van der Waals surface area contributed by atoms with Gasteiger partial charge in [-0.15, -0.1) is 0 Å². The number of anilines is 1. The Morgan fingerprint density at radius 2 is 1.90 bits per heavy atom. The maximum Gasteiger partial charge on any atom is 0.326 e. The number of aliphatic carboxylic acids is 1. The van der Waals surface area contributed by atoms with Crippen molar-refractivity contribution in [3.05, 3.63) is 18.5 Å². The van der Waals surface area contributed by atoms with Crippen molar-refractivity contribution in [2.45, 2.75) is 26.8 Å². The molecule has 0 saturated carbocycles.